The van der Waals surface area contributed by atoms with Crippen LogP contribution in [0.5, 0.6) is 0 Å². The molecule has 2 rings (SSSR count). The summed E-state index contributed by atoms with van der Waals surface area (Å²) < 4.78 is 0. The molecule has 0 saturated heterocycles. The van der Waals surface area contributed by atoms with E-state index < -0.39 is 0 Å². The molecule has 102 valence electrons. The van der Waals surface area contributed by atoms with Crippen LogP contribution in [0.4, 0.5) is 5.69 Å². The number of nitriles is 1. The van der Waals surface area contributed by atoms with E-state index in [0.717, 1.165) is 36.5 Å². The van der Waals surface area contributed by atoms with Crippen molar-refractivity contribution in [3.05, 3.63) is 58.9 Å². The molecular weight excluding hydrogens is 246 g/mol. The lowest BCUT2D eigenvalue weighted by atomic mass is 10.1. The number of aryl methyl sites for hydroxylation is 3. The maximum atomic E-state index is 9.19. The van der Waals surface area contributed by atoms with Gasteiger partial charge < -0.3 is 5.32 Å². The van der Waals surface area contributed by atoms with Gasteiger partial charge in [0.25, 0.3) is 0 Å². The normalized spacial score (nSPS) is 10.1. The van der Waals surface area contributed by atoms with Crippen molar-refractivity contribution in [2.75, 3.05) is 11.9 Å². The lowest BCUT2D eigenvalue weighted by Crippen LogP contribution is -2.06. The Bertz CT molecular complexity index is 612. The highest BCUT2D eigenvalue weighted by atomic mass is 14.9. The fourth-order valence-electron chi connectivity index (χ4n) is 2.27. The van der Waals surface area contributed by atoms with E-state index in [1.165, 1.54) is 5.56 Å². The first-order valence-corrected chi connectivity index (χ1v) is 6.87. The topological polar surface area (TPSA) is 48.7 Å². The lowest BCUT2D eigenvalue weighted by Gasteiger charge is -2.10. The average molecular weight is 265 g/mol. The first-order chi connectivity index (χ1) is 9.70. The predicted molar refractivity (Wildman–Crippen MR) is 81.7 cm³/mol. The standard InChI is InChI=1S/C17H19N3/c1-13-11-17(16(12-18)14(2)20-13)19-10-6-9-15-7-4-3-5-8-15/h3-5,7-8,11H,6,9-10H2,1-2H3,(H,19,20). The minimum absolute atomic E-state index is 0.648. The molecule has 3 heteroatoms. The van der Waals surface area contributed by atoms with Crippen LogP contribution in [0, 0.1) is 25.2 Å². The highest BCUT2D eigenvalue weighted by Gasteiger charge is 2.07. The van der Waals surface area contributed by atoms with Crippen molar-refractivity contribution in [3.63, 3.8) is 0 Å². The van der Waals surface area contributed by atoms with Crippen LogP contribution in [-0.4, -0.2) is 11.5 Å². The monoisotopic (exact) mass is 265 g/mol. The van der Waals surface area contributed by atoms with Crippen LogP contribution in [0.3, 0.4) is 0 Å². The van der Waals surface area contributed by atoms with Crippen LogP contribution in [-0.2, 0) is 6.42 Å². The molecule has 3 nitrogen and oxygen atoms in total. The van der Waals surface area contributed by atoms with E-state index in [9.17, 15) is 5.26 Å². The van der Waals surface area contributed by atoms with Crippen molar-refractivity contribution in [1.29, 1.82) is 5.26 Å². The molecule has 0 aliphatic rings. The molecule has 0 saturated carbocycles. The summed E-state index contributed by atoms with van der Waals surface area (Å²) in [5.41, 5.74) is 4.61. The van der Waals surface area contributed by atoms with Crippen molar-refractivity contribution in [1.82, 2.24) is 4.98 Å². The molecule has 0 aliphatic carbocycles. The summed E-state index contributed by atoms with van der Waals surface area (Å²) in [7, 11) is 0. The second-order valence-corrected chi connectivity index (χ2v) is 4.90. The van der Waals surface area contributed by atoms with Crippen LogP contribution < -0.4 is 5.32 Å². The molecule has 0 unspecified atom stereocenters. The molecule has 0 radical (unpaired) electrons. The van der Waals surface area contributed by atoms with Gasteiger partial charge in [0.2, 0.25) is 0 Å². The van der Waals surface area contributed by atoms with E-state index in [0.29, 0.717) is 5.56 Å². The molecule has 0 amide bonds. The third-order valence-corrected chi connectivity index (χ3v) is 3.24. The van der Waals surface area contributed by atoms with Crippen LogP contribution >= 0.6 is 0 Å². The Balaban J connectivity index is 1.93. The zero-order valence-electron chi connectivity index (χ0n) is 12.0. The summed E-state index contributed by atoms with van der Waals surface area (Å²) in [6, 6.07) is 14.6. The molecule has 0 aliphatic heterocycles. The lowest BCUT2D eigenvalue weighted by molar-refractivity contribution is 0.861. The van der Waals surface area contributed by atoms with E-state index in [1.807, 2.05) is 26.0 Å². The molecule has 1 N–H and O–H groups in total. The second-order valence-electron chi connectivity index (χ2n) is 4.90. The number of rotatable bonds is 5. The van der Waals surface area contributed by atoms with E-state index in [1.54, 1.807) is 0 Å². The highest BCUT2D eigenvalue weighted by molar-refractivity contribution is 5.59. The van der Waals surface area contributed by atoms with E-state index in [2.05, 4.69) is 40.6 Å². The minimum Gasteiger partial charge on any atom is -0.384 e. The average Bonchev–Trinajstić information content (AvgIpc) is 2.44. The molecule has 0 bridgehead atoms. The number of aromatic nitrogens is 1. The fraction of sp³-hybridized carbons (Fsp3) is 0.294. The van der Waals surface area contributed by atoms with Crippen LogP contribution in [0.15, 0.2) is 36.4 Å². The largest absolute Gasteiger partial charge is 0.384 e. The van der Waals surface area contributed by atoms with Crippen molar-refractivity contribution in [3.8, 4) is 6.07 Å². The number of pyridine rings is 1. The Hall–Kier alpha value is -2.34. The number of nitrogens with one attached hydrogen (secondary N) is 1. The third kappa shape index (κ3) is 3.58. The van der Waals surface area contributed by atoms with Crippen LogP contribution in [0.25, 0.3) is 0 Å². The van der Waals surface area contributed by atoms with E-state index >= 15 is 0 Å². The summed E-state index contributed by atoms with van der Waals surface area (Å²) in [6.07, 6.45) is 2.08. The summed E-state index contributed by atoms with van der Waals surface area (Å²) in [6.45, 7) is 4.68. The summed E-state index contributed by atoms with van der Waals surface area (Å²) >= 11 is 0. The molecule has 0 atom stereocenters. The molecular formula is C17H19N3. The number of anilines is 1. The molecule has 1 aromatic heterocycles. The maximum absolute atomic E-state index is 9.19. The van der Waals surface area contributed by atoms with Crippen molar-refractivity contribution >= 4 is 5.69 Å². The van der Waals surface area contributed by atoms with Gasteiger partial charge in [0.1, 0.15) is 6.07 Å². The summed E-state index contributed by atoms with van der Waals surface area (Å²) in [5, 5.41) is 12.5. The first kappa shape index (κ1) is 14.1. The van der Waals surface area contributed by atoms with E-state index in [-0.39, 0.29) is 0 Å². The second kappa shape index (κ2) is 6.72. The molecule has 20 heavy (non-hydrogen) atoms. The van der Waals surface area contributed by atoms with Gasteiger partial charge in [0.15, 0.2) is 0 Å². The molecule has 2 aromatic rings. The van der Waals surface area contributed by atoms with Gasteiger partial charge in [-0.15, -0.1) is 0 Å². The highest BCUT2D eigenvalue weighted by Crippen LogP contribution is 2.18. The Morgan fingerprint density at radius 2 is 1.95 bits per heavy atom. The number of benzene rings is 1. The van der Waals surface area contributed by atoms with Crippen molar-refractivity contribution < 1.29 is 0 Å². The van der Waals surface area contributed by atoms with Crippen LogP contribution in [0.2, 0.25) is 0 Å². The first-order valence-electron chi connectivity index (χ1n) is 6.87. The number of hydrogen-bond acceptors (Lipinski definition) is 3. The van der Waals surface area contributed by atoms with Crippen molar-refractivity contribution in [2.24, 2.45) is 0 Å². The van der Waals surface area contributed by atoms with Crippen LogP contribution in [0.1, 0.15) is 28.9 Å². The Labute approximate surface area is 120 Å². The summed E-state index contributed by atoms with van der Waals surface area (Å²) in [4.78, 5) is 4.32. The smallest absolute Gasteiger partial charge is 0.103 e. The van der Waals surface area contributed by atoms with E-state index in [4.69, 9.17) is 0 Å². The van der Waals surface area contributed by atoms with Gasteiger partial charge in [-0.05, 0) is 38.3 Å². The third-order valence-electron chi connectivity index (χ3n) is 3.24. The fourth-order valence-corrected chi connectivity index (χ4v) is 2.27. The van der Waals surface area contributed by atoms with Gasteiger partial charge in [-0.25, -0.2) is 0 Å². The number of hydrogen-bond donors (Lipinski definition) is 1. The quantitative estimate of drug-likeness (QED) is 0.840. The molecule has 0 spiro atoms. The van der Waals surface area contributed by atoms with Gasteiger partial charge >= 0.3 is 0 Å². The summed E-state index contributed by atoms with van der Waals surface area (Å²) in [5.74, 6) is 0. The molecule has 0 fully saturated rings. The van der Waals surface area contributed by atoms with Gasteiger partial charge in [-0.3, -0.25) is 4.98 Å². The zero-order valence-corrected chi connectivity index (χ0v) is 12.0. The number of nitrogens with zero attached hydrogens (tertiary/aromatic N) is 2. The SMILES string of the molecule is Cc1cc(NCCCc2ccccc2)c(C#N)c(C)n1. The van der Waals surface area contributed by atoms with Gasteiger partial charge in [-0.1, -0.05) is 30.3 Å². The zero-order chi connectivity index (χ0) is 14.4. The van der Waals surface area contributed by atoms with Gasteiger partial charge in [0.05, 0.1) is 16.9 Å². The van der Waals surface area contributed by atoms with Crippen molar-refractivity contribution in [2.45, 2.75) is 26.7 Å². The van der Waals surface area contributed by atoms with Gasteiger partial charge in [0, 0.05) is 12.2 Å². The Morgan fingerprint density at radius 3 is 2.65 bits per heavy atom. The maximum Gasteiger partial charge on any atom is 0.103 e. The molecule has 1 aromatic carbocycles. The predicted octanol–water partition coefficient (Wildman–Crippen LogP) is 3.61. The minimum atomic E-state index is 0.648. The Morgan fingerprint density at radius 1 is 1.20 bits per heavy atom. The van der Waals surface area contributed by atoms with Gasteiger partial charge in [-0.2, -0.15) is 5.26 Å². The molecule has 1 heterocycles. The Kier molecular flexibility index (Phi) is 4.73.